The Hall–Kier alpha value is -10.5. The van der Waals surface area contributed by atoms with Gasteiger partial charge in [0.1, 0.15) is 51.1 Å². The molecule has 0 fully saturated rings. The Balaban J connectivity index is 1.15. The van der Waals surface area contributed by atoms with Crippen LogP contribution in [0.2, 0.25) is 0 Å². The van der Waals surface area contributed by atoms with E-state index in [1.54, 1.807) is 0 Å². The van der Waals surface area contributed by atoms with Crippen molar-refractivity contribution in [3.05, 3.63) is 228 Å². The molecule has 10 aromatic carbocycles. The molecule has 0 N–H and O–H groups in total. The summed E-state index contributed by atoms with van der Waals surface area (Å²) in [6, 6.07) is 73.3. The van der Waals surface area contributed by atoms with Crippen LogP contribution in [0.3, 0.4) is 0 Å². The molecule has 0 spiro atoms. The van der Waals surface area contributed by atoms with Crippen molar-refractivity contribution in [2.24, 2.45) is 0 Å². The van der Waals surface area contributed by atoms with E-state index in [4.69, 9.17) is 8.83 Å². The maximum Gasteiger partial charge on any atom is 0.137 e. The lowest BCUT2D eigenvalue weighted by molar-refractivity contribution is 0.583. The fourth-order valence-electron chi connectivity index (χ4n) is 14.1. The minimum Gasteiger partial charge on any atom is -0.456 e. The van der Waals surface area contributed by atoms with Gasteiger partial charge in [-0.2, -0.15) is 10.5 Å². The van der Waals surface area contributed by atoms with Crippen molar-refractivity contribution in [3.63, 3.8) is 0 Å². The highest BCUT2D eigenvalue weighted by atomic mass is 16.3. The molecule has 16 aromatic rings. The third-order valence-electron chi connectivity index (χ3n) is 16.7. The average Bonchev–Trinajstić information content (AvgIpc) is 4.45. The van der Waals surface area contributed by atoms with Gasteiger partial charge < -0.3 is 27.1 Å². The Morgan fingerprint density at radius 2 is 0.787 bits per heavy atom. The first-order chi connectivity index (χ1) is 37.2. The molecule has 75 heavy (non-hydrogen) atoms. The largest absolute Gasteiger partial charge is 0.456 e. The number of hydrogen-bond acceptors (Lipinski definition) is 4. The summed E-state index contributed by atoms with van der Waals surface area (Å²) >= 11 is 0. The normalized spacial score (nSPS) is 14.9. The van der Waals surface area contributed by atoms with E-state index in [9.17, 15) is 10.5 Å². The van der Waals surface area contributed by atoms with Gasteiger partial charge in [-0.15, -0.1) is 0 Å². The molecule has 18 rings (SSSR count). The number of aromatic nitrogens is 4. The van der Waals surface area contributed by atoms with Gasteiger partial charge in [0.15, 0.2) is 0 Å². The fraction of sp³-hybridized carbons (Fsp3) is 0.0149. The first-order valence-electron chi connectivity index (χ1n) is 25.2. The number of rotatable bonds is 3. The summed E-state index contributed by atoms with van der Waals surface area (Å²) in [7, 11) is 0. The van der Waals surface area contributed by atoms with Crippen LogP contribution >= 0.6 is 0 Å². The van der Waals surface area contributed by atoms with E-state index in [1.165, 1.54) is 0 Å². The van der Waals surface area contributed by atoms with Crippen LogP contribution in [0, 0.1) is 22.7 Å². The smallest absolute Gasteiger partial charge is 0.137 e. The number of furan rings is 2. The Kier molecular flexibility index (Phi) is 7.04. The van der Waals surface area contributed by atoms with Gasteiger partial charge in [-0.25, -0.2) is 0 Å². The van der Waals surface area contributed by atoms with E-state index in [-0.39, 0.29) is 0 Å². The lowest BCUT2D eigenvalue weighted by atomic mass is 9.84. The minimum atomic E-state index is -1.15. The molecule has 6 aromatic heterocycles. The third-order valence-corrected chi connectivity index (χ3v) is 16.7. The van der Waals surface area contributed by atoms with Crippen LogP contribution < -0.4 is 0 Å². The number of hydrogen-bond donors (Lipinski definition) is 0. The summed E-state index contributed by atoms with van der Waals surface area (Å²) in [5.74, 6) is 0. The molecule has 0 saturated heterocycles. The molecule has 1 atom stereocenters. The van der Waals surface area contributed by atoms with Gasteiger partial charge in [0.25, 0.3) is 0 Å². The Labute approximate surface area is 424 Å². The first-order valence-corrected chi connectivity index (χ1v) is 25.2. The van der Waals surface area contributed by atoms with Gasteiger partial charge in [0, 0.05) is 59.6 Å². The molecule has 0 saturated carbocycles. The second-order valence-corrected chi connectivity index (χ2v) is 20.0. The van der Waals surface area contributed by atoms with Crippen LogP contribution in [-0.4, -0.2) is 18.3 Å². The maximum atomic E-state index is 12.6. The second-order valence-electron chi connectivity index (χ2n) is 20.0. The lowest BCUT2D eigenvalue weighted by Crippen LogP contribution is -2.32. The maximum absolute atomic E-state index is 12.6. The predicted molar refractivity (Wildman–Crippen MR) is 301 cm³/mol. The zero-order valence-electron chi connectivity index (χ0n) is 39.6. The van der Waals surface area contributed by atoms with Crippen LogP contribution in [0.5, 0.6) is 0 Å². The topological polar surface area (TPSA) is 93.6 Å². The van der Waals surface area contributed by atoms with Crippen LogP contribution in [0.25, 0.3) is 143 Å². The number of nitrogens with zero attached hydrogens (tertiary/aromatic N) is 6. The summed E-state index contributed by atoms with van der Waals surface area (Å²) in [5.41, 5.74) is 14.2. The number of para-hydroxylation sites is 7. The monoisotopic (exact) mass is 954 g/mol. The zero-order valence-corrected chi connectivity index (χ0v) is 39.6. The number of nitriles is 2. The summed E-state index contributed by atoms with van der Waals surface area (Å²) in [6.07, 6.45) is 4.63. The van der Waals surface area contributed by atoms with Crippen molar-refractivity contribution in [2.75, 3.05) is 0 Å². The lowest BCUT2D eigenvalue weighted by Gasteiger charge is -2.33. The molecule has 0 bridgehead atoms. The average molecular weight is 955 g/mol. The van der Waals surface area contributed by atoms with E-state index in [0.29, 0.717) is 22.5 Å². The van der Waals surface area contributed by atoms with Crippen molar-refractivity contribution in [1.82, 2.24) is 18.3 Å². The van der Waals surface area contributed by atoms with Crippen LogP contribution in [0.4, 0.5) is 0 Å². The molecule has 7 heterocycles. The van der Waals surface area contributed by atoms with Gasteiger partial charge in [0.2, 0.25) is 0 Å². The van der Waals surface area contributed by atoms with Crippen molar-refractivity contribution in [3.8, 4) is 29.2 Å². The molecule has 0 radical (unpaired) electrons. The Morgan fingerprint density at radius 3 is 1.36 bits per heavy atom. The molecule has 8 nitrogen and oxygen atoms in total. The van der Waals surface area contributed by atoms with Gasteiger partial charge in [-0.05, 0) is 72.8 Å². The molecule has 8 heteroatoms. The second kappa shape index (κ2) is 13.5. The van der Waals surface area contributed by atoms with Gasteiger partial charge in [-0.3, -0.25) is 0 Å². The highest BCUT2D eigenvalue weighted by Gasteiger charge is 2.55. The molecular formula is C67H34N6O2. The Morgan fingerprint density at radius 1 is 0.360 bits per heavy atom. The number of allylic oxidation sites excluding steroid dienone is 1. The van der Waals surface area contributed by atoms with E-state index in [0.717, 1.165) is 143 Å². The summed E-state index contributed by atoms with van der Waals surface area (Å²) in [4.78, 5) is 0. The fourth-order valence-corrected chi connectivity index (χ4v) is 14.1. The first kappa shape index (κ1) is 39.1. The van der Waals surface area contributed by atoms with Crippen molar-refractivity contribution < 1.29 is 8.83 Å². The Bertz CT molecular complexity index is 5420. The summed E-state index contributed by atoms with van der Waals surface area (Å²) < 4.78 is 22.8. The van der Waals surface area contributed by atoms with Crippen LogP contribution in [0.15, 0.2) is 209 Å². The van der Waals surface area contributed by atoms with Crippen LogP contribution in [0.1, 0.15) is 27.9 Å². The minimum absolute atomic E-state index is 0.375. The zero-order chi connectivity index (χ0) is 49.0. The van der Waals surface area contributed by atoms with Crippen molar-refractivity contribution >= 4 is 126 Å². The standard InChI is InChI=1S/C67H34N6O2/c68-35-47-61(71-51-24-10-3-17-39(51)42-29-31-56-58(62(42)71)45-20-6-13-27-54(45)74-56)48(36-69)65-60(64(47)70-49-22-8-1-15-37(49)38-16-2-9-23-50(38)70)67(34-33-44-41-19-4-11-25-52(41)72(65)66(44)67)73-53-26-12-5-18-40(53)43-30-32-57-59(63(43)73)46-21-7-14-28-55(46)75-57/h1-34H. The molecule has 1 aliphatic heterocycles. The van der Waals surface area contributed by atoms with E-state index >= 15 is 0 Å². The van der Waals surface area contributed by atoms with Gasteiger partial charge in [-0.1, -0.05) is 133 Å². The molecular weight excluding hydrogens is 921 g/mol. The summed E-state index contributed by atoms with van der Waals surface area (Å²) in [5, 5.41) is 36.4. The predicted octanol–water partition coefficient (Wildman–Crippen LogP) is 16.6. The SMILES string of the molecule is N#Cc1c2c(c(-n3c4ccccc4c4ccccc43)c(C#N)c1-n1c3ccccc3c3ccc4oc5ccccc5c4c31)C1(n3c4ccccc4c4ccc5oc6ccccc6c5c43)C=Cc3c1n-2c1ccccc31. The van der Waals surface area contributed by atoms with Crippen molar-refractivity contribution in [2.45, 2.75) is 5.54 Å². The van der Waals surface area contributed by atoms with E-state index in [2.05, 4.69) is 200 Å². The van der Waals surface area contributed by atoms with E-state index < -0.39 is 5.54 Å². The number of benzene rings is 10. The van der Waals surface area contributed by atoms with Crippen molar-refractivity contribution in [1.29, 1.82) is 10.5 Å². The van der Waals surface area contributed by atoms with E-state index in [1.807, 2.05) is 36.4 Å². The van der Waals surface area contributed by atoms with Crippen LogP contribution in [-0.2, 0) is 5.54 Å². The molecule has 1 aliphatic carbocycles. The van der Waals surface area contributed by atoms with Gasteiger partial charge >= 0.3 is 0 Å². The number of fused-ring (bicyclic) bond motifs is 23. The third kappa shape index (κ3) is 4.44. The molecule has 0 amide bonds. The molecule has 2 aliphatic rings. The molecule has 1 unspecified atom stereocenters. The van der Waals surface area contributed by atoms with Gasteiger partial charge in [0.05, 0.1) is 72.1 Å². The highest BCUT2D eigenvalue weighted by molar-refractivity contribution is 6.26. The molecule has 344 valence electrons. The summed E-state index contributed by atoms with van der Waals surface area (Å²) in [6.45, 7) is 0. The quantitative estimate of drug-likeness (QED) is 0.176. The highest BCUT2D eigenvalue weighted by Crippen LogP contribution is 2.61.